The van der Waals surface area contributed by atoms with Crippen LogP contribution in [0, 0.1) is 0 Å². The Morgan fingerprint density at radius 1 is 0.513 bits per heavy atom. The third-order valence-electron chi connectivity index (χ3n) is 8.15. The van der Waals surface area contributed by atoms with Crippen molar-refractivity contribution in [2.75, 3.05) is 33.2 Å². The maximum absolute atomic E-state index is 2.57. The van der Waals surface area contributed by atoms with Crippen molar-refractivity contribution in [1.82, 2.24) is 14.4 Å². The minimum Gasteiger partial charge on any atom is -0.309 e. The van der Waals surface area contributed by atoms with E-state index < -0.39 is 0 Å². The number of piperazine rings is 1. The molecule has 3 heteroatoms. The lowest BCUT2D eigenvalue weighted by molar-refractivity contribution is 0.148. The normalized spacial score (nSPS) is 14.8. The van der Waals surface area contributed by atoms with Crippen molar-refractivity contribution in [2.45, 2.75) is 6.54 Å². The fourth-order valence-electron chi connectivity index (χ4n) is 5.98. The number of benzene rings is 5. The molecule has 1 aliphatic heterocycles. The lowest BCUT2D eigenvalue weighted by Gasteiger charge is -2.32. The molecule has 3 nitrogen and oxygen atoms in total. The Balaban J connectivity index is 1.34. The molecule has 0 saturated carbocycles. The quantitative estimate of drug-likeness (QED) is 0.235. The summed E-state index contributed by atoms with van der Waals surface area (Å²) in [6.45, 7) is 5.57. The topological polar surface area (TPSA) is 11.4 Å². The van der Waals surface area contributed by atoms with Crippen molar-refractivity contribution >= 4 is 21.8 Å². The monoisotopic (exact) mass is 507 g/mol. The highest BCUT2D eigenvalue weighted by molar-refractivity contribution is 6.11. The van der Waals surface area contributed by atoms with Crippen LogP contribution in [0.3, 0.4) is 0 Å². The van der Waals surface area contributed by atoms with E-state index in [9.17, 15) is 0 Å². The largest absolute Gasteiger partial charge is 0.309 e. The summed E-state index contributed by atoms with van der Waals surface area (Å²) >= 11 is 0. The minimum atomic E-state index is 1.01. The van der Waals surface area contributed by atoms with Crippen LogP contribution in [0.1, 0.15) is 5.56 Å². The third-order valence-corrected chi connectivity index (χ3v) is 8.15. The standard InChI is InChI=1S/C36H33N3/c1-37-19-21-38(22-20-37)26-27-9-8-12-29(23-27)31-16-18-36-34(25-31)33-24-30(28-10-4-2-5-11-28)15-17-35(33)39(36)32-13-6-3-7-14-32/h2-18,23-25H,19-22,26H2,1H3. The molecule has 1 saturated heterocycles. The van der Waals surface area contributed by atoms with Gasteiger partial charge in [-0.3, -0.25) is 4.90 Å². The summed E-state index contributed by atoms with van der Waals surface area (Å²) in [7, 11) is 2.21. The molecule has 6 aromatic rings. The average Bonchev–Trinajstić information content (AvgIpc) is 3.32. The fourth-order valence-corrected chi connectivity index (χ4v) is 5.98. The Morgan fingerprint density at radius 3 is 1.74 bits per heavy atom. The van der Waals surface area contributed by atoms with E-state index in [1.807, 2.05) is 0 Å². The van der Waals surface area contributed by atoms with Gasteiger partial charge in [0.1, 0.15) is 0 Å². The molecule has 7 rings (SSSR count). The van der Waals surface area contributed by atoms with Gasteiger partial charge in [-0.25, -0.2) is 0 Å². The summed E-state index contributed by atoms with van der Waals surface area (Å²) in [5.74, 6) is 0. The van der Waals surface area contributed by atoms with Crippen LogP contribution in [0.25, 0.3) is 49.7 Å². The molecule has 0 spiro atoms. The predicted molar refractivity (Wildman–Crippen MR) is 164 cm³/mol. The van der Waals surface area contributed by atoms with Crippen molar-refractivity contribution in [3.8, 4) is 27.9 Å². The van der Waals surface area contributed by atoms with Gasteiger partial charge in [0.2, 0.25) is 0 Å². The van der Waals surface area contributed by atoms with E-state index in [-0.39, 0.29) is 0 Å². The highest BCUT2D eigenvalue weighted by atomic mass is 15.2. The fraction of sp³-hybridized carbons (Fsp3) is 0.167. The van der Waals surface area contributed by atoms with E-state index in [1.165, 1.54) is 55.3 Å². The number of likely N-dealkylation sites (N-methyl/N-ethyl adjacent to an activating group) is 1. The first-order valence-electron chi connectivity index (χ1n) is 13.9. The SMILES string of the molecule is CN1CCN(Cc2cccc(-c3ccc4c(c3)c3cc(-c5ccccc5)ccc3n4-c3ccccc3)c2)CC1. The van der Waals surface area contributed by atoms with Gasteiger partial charge in [-0.2, -0.15) is 0 Å². The van der Waals surface area contributed by atoms with Crippen molar-refractivity contribution in [2.24, 2.45) is 0 Å². The van der Waals surface area contributed by atoms with Gasteiger partial charge in [-0.1, -0.05) is 78.9 Å². The van der Waals surface area contributed by atoms with Crippen LogP contribution < -0.4 is 0 Å². The molecule has 0 bridgehead atoms. The summed E-state index contributed by atoms with van der Waals surface area (Å²) in [6.07, 6.45) is 0. The molecule has 2 heterocycles. The molecule has 0 amide bonds. The zero-order chi connectivity index (χ0) is 26.2. The second-order valence-electron chi connectivity index (χ2n) is 10.8. The summed E-state index contributed by atoms with van der Waals surface area (Å²) < 4.78 is 2.40. The lowest BCUT2D eigenvalue weighted by Crippen LogP contribution is -2.43. The van der Waals surface area contributed by atoms with Gasteiger partial charge < -0.3 is 9.47 Å². The van der Waals surface area contributed by atoms with Gasteiger partial charge in [0, 0.05) is 49.2 Å². The van der Waals surface area contributed by atoms with Crippen molar-refractivity contribution in [3.63, 3.8) is 0 Å². The van der Waals surface area contributed by atoms with Crippen LogP contribution in [-0.4, -0.2) is 47.6 Å². The lowest BCUT2D eigenvalue weighted by atomic mass is 9.99. The molecule has 0 N–H and O–H groups in total. The summed E-state index contributed by atoms with van der Waals surface area (Å²) in [6, 6.07) is 44.4. The minimum absolute atomic E-state index is 1.01. The number of nitrogens with zero attached hydrogens (tertiary/aromatic N) is 3. The highest BCUT2D eigenvalue weighted by Gasteiger charge is 2.16. The van der Waals surface area contributed by atoms with Crippen molar-refractivity contribution in [1.29, 1.82) is 0 Å². The van der Waals surface area contributed by atoms with Gasteiger partial charge in [0.15, 0.2) is 0 Å². The molecule has 0 atom stereocenters. The summed E-state index contributed by atoms with van der Waals surface area (Å²) in [5, 5.41) is 2.57. The number of aromatic nitrogens is 1. The van der Waals surface area contributed by atoms with Crippen LogP contribution in [-0.2, 0) is 6.54 Å². The van der Waals surface area contributed by atoms with E-state index in [1.54, 1.807) is 0 Å². The van der Waals surface area contributed by atoms with Crippen LogP contribution in [0.5, 0.6) is 0 Å². The molecule has 1 aromatic heterocycles. The first-order valence-corrected chi connectivity index (χ1v) is 13.9. The molecular formula is C36H33N3. The molecule has 0 unspecified atom stereocenters. The van der Waals surface area contributed by atoms with Crippen LogP contribution in [0.15, 0.2) is 121 Å². The average molecular weight is 508 g/mol. The maximum atomic E-state index is 2.57. The number of rotatable bonds is 5. The molecular weight excluding hydrogens is 474 g/mol. The van der Waals surface area contributed by atoms with E-state index in [0.717, 1.165) is 32.7 Å². The number of fused-ring (bicyclic) bond motifs is 3. The predicted octanol–water partition coefficient (Wildman–Crippen LogP) is 7.87. The van der Waals surface area contributed by atoms with Gasteiger partial charge in [-0.05, 0) is 77.3 Å². The molecule has 5 aromatic carbocycles. The molecule has 192 valence electrons. The second-order valence-corrected chi connectivity index (χ2v) is 10.8. The Bertz CT molecular complexity index is 1740. The first-order chi connectivity index (χ1) is 19.2. The Morgan fingerprint density at radius 2 is 1.08 bits per heavy atom. The molecule has 1 fully saturated rings. The highest BCUT2D eigenvalue weighted by Crippen LogP contribution is 2.37. The van der Waals surface area contributed by atoms with E-state index >= 15 is 0 Å². The zero-order valence-electron chi connectivity index (χ0n) is 22.4. The van der Waals surface area contributed by atoms with E-state index in [4.69, 9.17) is 0 Å². The summed E-state index contributed by atoms with van der Waals surface area (Å²) in [5.41, 5.74) is 10.1. The zero-order valence-corrected chi connectivity index (χ0v) is 22.4. The van der Waals surface area contributed by atoms with Crippen molar-refractivity contribution < 1.29 is 0 Å². The summed E-state index contributed by atoms with van der Waals surface area (Å²) in [4.78, 5) is 4.98. The number of para-hydroxylation sites is 1. The number of hydrogen-bond acceptors (Lipinski definition) is 2. The van der Waals surface area contributed by atoms with Gasteiger partial charge in [-0.15, -0.1) is 0 Å². The molecule has 1 aliphatic rings. The van der Waals surface area contributed by atoms with Crippen LogP contribution in [0.2, 0.25) is 0 Å². The smallest absolute Gasteiger partial charge is 0.0541 e. The number of hydrogen-bond donors (Lipinski definition) is 0. The van der Waals surface area contributed by atoms with E-state index in [2.05, 4.69) is 143 Å². The van der Waals surface area contributed by atoms with Gasteiger partial charge >= 0.3 is 0 Å². The molecule has 39 heavy (non-hydrogen) atoms. The van der Waals surface area contributed by atoms with Crippen molar-refractivity contribution in [3.05, 3.63) is 127 Å². The molecule has 0 radical (unpaired) electrons. The Hall–Kier alpha value is -4.18. The molecule has 0 aliphatic carbocycles. The second kappa shape index (κ2) is 10.2. The van der Waals surface area contributed by atoms with Gasteiger partial charge in [0.25, 0.3) is 0 Å². The Kier molecular flexibility index (Phi) is 6.24. The Labute approximate surface area is 230 Å². The maximum Gasteiger partial charge on any atom is 0.0541 e. The van der Waals surface area contributed by atoms with E-state index in [0.29, 0.717) is 0 Å². The third kappa shape index (κ3) is 4.65. The van der Waals surface area contributed by atoms with Crippen LogP contribution in [0.4, 0.5) is 0 Å². The van der Waals surface area contributed by atoms with Gasteiger partial charge in [0.05, 0.1) is 11.0 Å². The first kappa shape index (κ1) is 23.9. The van der Waals surface area contributed by atoms with Crippen LogP contribution >= 0.6 is 0 Å².